The summed E-state index contributed by atoms with van der Waals surface area (Å²) < 4.78 is 7.32. The van der Waals surface area contributed by atoms with Crippen molar-refractivity contribution >= 4 is 5.91 Å². The third-order valence-corrected chi connectivity index (χ3v) is 7.29. The van der Waals surface area contributed by atoms with Gasteiger partial charge in [0.25, 0.3) is 5.91 Å². The molecule has 0 bridgehead atoms. The number of aryl methyl sites for hydroxylation is 1. The van der Waals surface area contributed by atoms with Crippen LogP contribution in [0.3, 0.4) is 0 Å². The van der Waals surface area contributed by atoms with Crippen molar-refractivity contribution in [2.24, 2.45) is 7.05 Å². The van der Waals surface area contributed by atoms with Gasteiger partial charge in [-0.25, -0.2) is 0 Å². The quantitative estimate of drug-likeness (QED) is 0.584. The third-order valence-electron chi connectivity index (χ3n) is 7.29. The van der Waals surface area contributed by atoms with Crippen molar-refractivity contribution in [3.63, 3.8) is 0 Å². The van der Waals surface area contributed by atoms with Gasteiger partial charge in [0.1, 0.15) is 5.76 Å². The zero-order valence-electron chi connectivity index (χ0n) is 20.2. The van der Waals surface area contributed by atoms with E-state index in [-0.39, 0.29) is 5.91 Å². The molecule has 1 aromatic carbocycles. The fourth-order valence-corrected chi connectivity index (χ4v) is 5.42. The number of aromatic nitrogens is 2. The van der Waals surface area contributed by atoms with E-state index in [1.54, 1.807) is 11.2 Å². The third kappa shape index (κ3) is 5.10. The summed E-state index contributed by atoms with van der Waals surface area (Å²) >= 11 is 0. The maximum absolute atomic E-state index is 13.2. The molecule has 1 aliphatic heterocycles. The smallest absolute Gasteiger partial charge is 0.274 e. The summed E-state index contributed by atoms with van der Waals surface area (Å²) in [6.45, 7) is 3.73. The summed E-state index contributed by atoms with van der Waals surface area (Å²) in [5.41, 5.74) is 4.30. The van der Waals surface area contributed by atoms with Crippen molar-refractivity contribution in [1.29, 1.82) is 0 Å². The Hall–Kier alpha value is -2.90. The summed E-state index contributed by atoms with van der Waals surface area (Å²) in [5.74, 6) is 0.738. The lowest BCUT2D eigenvalue weighted by atomic mass is 9.89. The zero-order chi connectivity index (χ0) is 23.5. The number of furan rings is 1. The van der Waals surface area contributed by atoms with Crippen LogP contribution in [0.2, 0.25) is 0 Å². The van der Waals surface area contributed by atoms with Gasteiger partial charge in [-0.2, -0.15) is 5.10 Å². The molecule has 1 atom stereocenters. The van der Waals surface area contributed by atoms with Crippen LogP contribution >= 0.6 is 0 Å². The average Bonchev–Trinajstić information content (AvgIpc) is 3.48. The molecule has 0 spiro atoms. The first-order chi connectivity index (χ1) is 16.6. The lowest BCUT2D eigenvalue weighted by molar-refractivity contribution is 0.0767. The van der Waals surface area contributed by atoms with Gasteiger partial charge in [0, 0.05) is 44.0 Å². The van der Waals surface area contributed by atoms with Crippen molar-refractivity contribution in [2.45, 2.75) is 57.3 Å². The van der Waals surface area contributed by atoms with Gasteiger partial charge in [0.05, 0.1) is 12.8 Å². The summed E-state index contributed by atoms with van der Waals surface area (Å²) in [7, 11) is 3.77. The predicted molar refractivity (Wildman–Crippen MR) is 131 cm³/mol. The highest BCUT2D eigenvalue weighted by Crippen LogP contribution is 2.27. The van der Waals surface area contributed by atoms with Crippen molar-refractivity contribution in [3.05, 3.63) is 77.0 Å². The molecule has 7 heteroatoms. The minimum atomic E-state index is -0.0388. The molecule has 3 heterocycles. The molecule has 0 saturated carbocycles. The van der Waals surface area contributed by atoms with E-state index in [0.717, 1.165) is 50.2 Å². The second-order valence-electron chi connectivity index (χ2n) is 9.78. The van der Waals surface area contributed by atoms with Gasteiger partial charge in [0.15, 0.2) is 5.69 Å². The Morgan fingerprint density at radius 1 is 1.12 bits per heavy atom. The molecule has 2 aromatic heterocycles. The van der Waals surface area contributed by atoms with E-state index in [9.17, 15) is 4.79 Å². The molecule has 1 aliphatic carbocycles. The number of carbonyl (C=O) groups excluding carboxylic acids is 1. The van der Waals surface area contributed by atoms with Crippen molar-refractivity contribution in [1.82, 2.24) is 24.9 Å². The molecule has 5 rings (SSSR count). The average molecular weight is 462 g/mol. The van der Waals surface area contributed by atoms with Crippen molar-refractivity contribution in [3.8, 4) is 0 Å². The van der Waals surface area contributed by atoms with Crippen LogP contribution in [0.25, 0.3) is 0 Å². The molecule has 1 amide bonds. The van der Waals surface area contributed by atoms with Gasteiger partial charge < -0.3 is 14.6 Å². The molecule has 1 fully saturated rings. The van der Waals surface area contributed by atoms with Crippen LogP contribution in [0.4, 0.5) is 0 Å². The van der Waals surface area contributed by atoms with Crippen LogP contribution in [0, 0.1) is 0 Å². The topological polar surface area (TPSA) is 66.5 Å². The second kappa shape index (κ2) is 10.2. The highest BCUT2D eigenvalue weighted by molar-refractivity contribution is 5.94. The first-order valence-electron chi connectivity index (χ1n) is 12.4. The Labute approximate surface area is 201 Å². The van der Waals surface area contributed by atoms with E-state index in [1.807, 2.05) is 30.9 Å². The number of nitrogens with zero attached hydrogens (tertiary/aromatic N) is 4. The van der Waals surface area contributed by atoms with Crippen LogP contribution in [0.15, 0.2) is 53.1 Å². The Bertz CT molecular complexity index is 1080. The second-order valence-corrected chi connectivity index (χ2v) is 9.78. The van der Waals surface area contributed by atoms with Gasteiger partial charge in [-0.15, -0.1) is 0 Å². The van der Waals surface area contributed by atoms with Gasteiger partial charge in [-0.3, -0.25) is 14.4 Å². The first kappa shape index (κ1) is 22.9. The maximum atomic E-state index is 13.2. The molecule has 2 aliphatic rings. The molecule has 1 N–H and O–H groups in total. The standard InChI is InChI=1S/C27H35N5O2/c1-30(19-23-9-6-16-34-23)27(33)26-24-17-22(10-11-25(24)31(2)29-26)28-21-12-14-32(15-13-21)18-20-7-4-3-5-8-20/h3-9,16,21-22,28H,10-15,17-19H2,1-2H3/t22-/m1/s1. The lowest BCUT2D eigenvalue weighted by Crippen LogP contribution is -2.47. The molecule has 1 saturated heterocycles. The summed E-state index contributed by atoms with van der Waals surface area (Å²) in [6.07, 6.45) is 6.88. The SMILES string of the molecule is CN(Cc1ccco1)C(=O)c1nn(C)c2c1C[C@H](NC1CCN(Cc3ccccc3)CC1)CC2. The number of likely N-dealkylation sites (tertiary alicyclic amines) is 1. The number of rotatable bonds is 7. The van der Waals surface area contributed by atoms with E-state index in [2.05, 4.69) is 45.6 Å². The fourth-order valence-electron chi connectivity index (χ4n) is 5.42. The Balaban J connectivity index is 1.18. The predicted octanol–water partition coefficient (Wildman–Crippen LogP) is 3.40. The van der Waals surface area contributed by atoms with Gasteiger partial charge >= 0.3 is 0 Å². The lowest BCUT2D eigenvalue weighted by Gasteiger charge is -2.35. The van der Waals surface area contributed by atoms with Crippen LogP contribution in [-0.2, 0) is 33.0 Å². The molecule has 34 heavy (non-hydrogen) atoms. The van der Waals surface area contributed by atoms with Crippen molar-refractivity contribution in [2.75, 3.05) is 20.1 Å². The zero-order valence-corrected chi connectivity index (χ0v) is 20.2. The van der Waals surface area contributed by atoms with Gasteiger partial charge in [-0.05, 0) is 62.9 Å². The number of hydrogen-bond acceptors (Lipinski definition) is 5. The van der Waals surface area contributed by atoms with Crippen LogP contribution in [0.5, 0.6) is 0 Å². The minimum absolute atomic E-state index is 0.0388. The maximum Gasteiger partial charge on any atom is 0.274 e. The Morgan fingerprint density at radius 2 is 1.91 bits per heavy atom. The number of amides is 1. The number of carbonyl (C=O) groups is 1. The molecule has 0 unspecified atom stereocenters. The minimum Gasteiger partial charge on any atom is -0.467 e. The molecule has 180 valence electrons. The molecule has 7 nitrogen and oxygen atoms in total. The van der Waals surface area contributed by atoms with Crippen LogP contribution < -0.4 is 5.32 Å². The van der Waals surface area contributed by atoms with E-state index in [1.165, 1.54) is 24.1 Å². The van der Waals surface area contributed by atoms with E-state index >= 15 is 0 Å². The first-order valence-corrected chi connectivity index (χ1v) is 12.4. The summed E-state index contributed by atoms with van der Waals surface area (Å²) in [5, 5.41) is 8.55. The highest BCUT2D eigenvalue weighted by Gasteiger charge is 2.31. The molecule has 3 aromatic rings. The number of hydrogen-bond donors (Lipinski definition) is 1. The number of nitrogens with one attached hydrogen (secondary N) is 1. The normalized spacial score (nSPS) is 19.2. The van der Waals surface area contributed by atoms with Crippen LogP contribution in [0.1, 0.15) is 52.3 Å². The largest absolute Gasteiger partial charge is 0.467 e. The Morgan fingerprint density at radius 3 is 2.65 bits per heavy atom. The molecular weight excluding hydrogens is 426 g/mol. The molecular formula is C27H35N5O2. The number of piperidine rings is 1. The van der Waals surface area contributed by atoms with E-state index in [4.69, 9.17) is 4.42 Å². The fraction of sp³-hybridized carbons (Fsp3) is 0.481. The summed E-state index contributed by atoms with van der Waals surface area (Å²) in [4.78, 5) is 17.5. The monoisotopic (exact) mass is 461 g/mol. The summed E-state index contributed by atoms with van der Waals surface area (Å²) in [6, 6.07) is 15.4. The Kier molecular flexibility index (Phi) is 6.83. The van der Waals surface area contributed by atoms with E-state index < -0.39 is 0 Å². The highest BCUT2D eigenvalue weighted by atomic mass is 16.3. The number of benzene rings is 1. The van der Waals surface area contributed by atoms with E-state index in [0.29, 0.717) is 24.3 Å². The number of fused-ring (bicyclic) bond motifs is 1. The van der Waals surface area contributed by atoms with Crippen LogP contribution in [-0.4, -0.2) is 57.7 Å². The van der Waals surface area contributed by atoms with Crippen molar-refractivity contribution < 1.29 is 9.21 Å². The van der Waals surface area contributed by atoms with Gasteiger partial charge in [0.2, 0.25) is 0 Å². The molecule has 0 radical (unpaired) electrons. The van der Waals surface area contributed by atoms with Gasteiger partial charge in [-0.1, -0.05) is 30.3 Å².